The van der Waals surface area contributed by atoms with Crippen molar-refractivity contribution in [1.82, 2.24) is 4.90 Å². The predicted molar refractivity (Wildman–Crippen MR) is 49.9 cm³/mol. The van der Waals surface area contributed by atoms with Crippen molar-refractivity contribution in [2.75, 3.05) is 6.54 Å². The van der Waals surface area contributed by atoms with Crippen molar-refractivity contribution >= 4 is 11.8 Å². The summed E-state index contributed by atoms with van der Waals surface area (Å²) in [5.74, 6) is 0.225. The van der Waals surface area contributed by atoms with E-state index in [1.807, 2.05) is 0 Å². The van der Waals surface area contributed by atoms with Gasteiger partial charge in [-0.2, -0.15) is 0 Å². The number of nitrogens with zero attached hydrogens (tertiary/aromatic N) is 1. The van der Waals surface area contributed by atoms with Crippen LogP contribution in [-0.2, 0) is 9.59 Å². The van der Waals surface area contributed by atoms with Gasteiger partial charge in [0, 0.05) is 18.7 Å². The van der Waals surface area contributed by atoms with Crippen molar-refractivity contribution in [3.63, 3.8) is 0 Å². The fraction of sp³-hybridized carbons (Fsp3) is 0.600. The Labute approximate surface area is 78.4 Å². The first-order chi connectivity index (χ1) is 6.15. The van der Waals surface area contributed by atoms with Crippen LogP contribution in [0.25, 0.3) is 0 Å². The molecule has 0 aromatic carbocycles. The summed E-state index contributed by atoms with van der Waals surface area (Å²) in [6.07, 6.45) is 4.65. The molecule has 1 rings (SSSR count). The first kappa shape index (κ1) is 9.96. The number of carbonyl (C=O) groups is 2. The third-order valence-corrected chi connectivity index (χ3v) is 2.44. The molecule has 0 aromatic rings. The van der Waals surface area contributed by atoms with Gasteiger partial charge in [-0.3, -0.25) is 14.5 Å². The van der Waals surface area contributed by atoms with E-state index in [4.69, 9.17) is 0 Å². The van der Waals surface area contributed by atoms with Crippen molar-refractivity contribution in [2.45, 2.75) is 26.7 Å². The first-order valence-corrected chi connectivity index (χ1v) is 4.68. The maximum absolute atomic E-state index is 11.1. The maximum atomic E-state index is 11.1. The summed E-state index contributed by atoms with van der Waals surface area (Å²) in [5.41, 5.74) is 0. The highest BCUT2D eigenvalue weighted by Crippen LogP contribution is 2.10. The van der Waals surface area contributed by atoms with Crippen molar-refractivity contribution in [1.29, 1.82) is 0 Å². The predicted octanol–water partition coefficient (Wildman–Crippen LogP) is 1.35. The lowest BCUT2D eigenvalue weighted by molar-refractivity contribution is -0.136. The molecule has 0 fully saturated rings. The average Bonchev–Trinajstić information content (AvgIpc) is 2.43. The van der Waals surface area contributed by atoms with Crippen LogP contribution in [0.1, 0.15) is 26.7 Å². The van der Waals surface area contributed by atoms with Crippen LogP contribution in [0.5, 0.6) is 0 Å². The molecule has 0 N–H and O–H groups in total. The van der Waals surface area contributed by atoms with Gasteiger partial charge in [0.1, 0.15) is 0 Å². The molecule has 0 saturated heterocycles. The van der Waals surface area contributed by atoms with Gasteiger partial charge in [0.15, 0.2) is 0 Å². The zero-order chi connectivity index (χ0) is 9.84. The van der Waals surface area contributed by atoms with E-state index in [0.29, 0.717) is 12.5 Å². The van der Waals surface area contributed by atoms with Gasteiger partial charge < -0.3 is 0 Å². The van der Waals surface area contributed by atoms with Gasteiger partial charge in [0.2, 0.25) is 0 Å². The third-order valence-electron chi connectivity index (χ3n) is 2.44. The number of amides is 2. The lowest BCUT2D eigenvalue weighted by Crippen LogP contribution is -2.31. The fourth-order valence-corrected chi connectivity index (χ4v) is 1.21. The Hall–Kier alpha value is -1.12. The quantitative estimate of drug-likeness (QED) is 0.614. The van der Waals surface area contributed by atoms with Gasteiger partial charge in [-0.25, -0.2) is 0 Å². The molecule has 1 atom stereocenters. The van der Waals surface area contributed by atoms with Crippen LogP contribution in [0.3, 0.4) is 0 Å². The van der Waals surface area contributed by atoms with Gasteiger partial charge in [-0.05, 0) is 12.3 Å². The molecule has 0 spiro atoms. The van der Waals surface area contributed by atoms with Gasteiger partial charge >= 0.3 is 0 Å². The molecular weight excluding hydrogens is 166 g/mol. The van der Waals surface area contributed by atoms with E-state index in [-0.39, 0.29) is 11.8 Å². The molecule has 3 nitrogen and oxygen atoms in total. The third kappa shape index (κ3) is 2.41. The van der Waals surface area contributed by atoms with E-state index < -0.39 is 0 Å². The second kappa shape index (κ2) is 4.21. The SMILES string of the molecule is CCC(C)CCN1C(=O)C=CC1=O. The summed E-state index contributed by atoms with van der Waals surface area (Å²) in [5, 5.41) is 0. The molecule has 0 saturated carbocycles. The highest BCUT2D eigenvalue weighted by atomic mass is 16.2. The molecule has 0 aromatic heterocycles. The summed E-state index contributed by atoms with van der Waals surface area (Å²) in [6, 6.07) is 0. The largest absolute Gasteiger partial charge is 0.275 e. The Morgan fingerprint density at radius 3 is 2.31 bits per heavy atom. The van der Waals surface area contributed by atoms with Crippen LogP contribution in [0.15, 0.2) is 12.2 Å². The molecular formula is C10H15NO2. The maximum Gasteiger partial charge on any atom is 0.253 e. The molecule has 0 aliphatic carbocycles. The smallest absolute Gasteiger partial charge is 0.253 e. The summed E-state index contributed by atoms with van der Waals surface area (Å²) in [6.45, 7) is 4.79. The van der Waals surface area contributed by atoms with E-state index in [1.165, 1.54) is 17.1 Å². The molecule has 0 bridgehead atoms. The van der Waals surface area contributed by atoms with E-state index >= 15 is 0 Å². The van der Waals surface area contributed by atoms with Crippen molar-refractivity contribution < 1.29 is 9.59 Å². The minimum Gasteiger partial charge on any atom is -0.275 e. The van der Waals surface area contributed by atoms with Crippen LogP contribution < -0.4 is 0 Å². The van der Waals surface area contributed by atoms with Crippen LogP contribution in [0.4, 0.5) is 0 Å². The number of carbonyl (C=O) groups excluding carboxylic acids is 2. The fourth-order valence-electron chi connectivity index (χ4n) is 1.21. The summed E-state index contributed by atoms with van der Waals surface area (Å²) in [7, 11) is 0. The van der Waals surface area contributed by atoms with Gasteiger partial charge in [-0.15, -0.1) is 0 Å². The highest BCUT2D eigenvalue weighted by Gasteiger charge is 2.22. The zero-order valence-electron chi connectivity index (χ0n) is 8.12. The van der Waals surface area contributed by atoms with Crippen LogP contribution in [0.2, 0.25) is 0 Å². The second-order valence-electron chi connectivity index (χ2n) is 3.46. The Balaban J connectivity index is 2.38. The molecule has 0 radical (unpaired) electrons. The summed E-state index contributed by atoms with van der Waals surface area (Å²) >= 11 is 0. The molecule has 72 valence electrons. The topological polar surface area (TPSA) is 37.4 Å². The minimum atomic E-state index is -0.173. The van der Waals surface area contributed by atoms with Crippen molar-refractivity contribution in [2.24, 2.45) is 5.92 Å². The Bertz CT molecular complexity index is 227. The van der Waals surface area contributed by atoms with E-state index in [1.54, 1.807) is 0 Å². The molecule has 1 aliphatic rings. The highest BCUT2D eigenvalue weighted by molar-refractivity contribution is 6.12. The van der Waals surface area contributed by atoms with E-state index in [2.05, 4.69) is 13.8 Å². The minimum absolute atomic E-state index is 0.173. The monoisotopic (exact) mass is 181 g/mol. The molecule has 1 heterocycles. The summed E-state index contributed by atoms with van der Waals surface area (Å²) in [4.78, 5) is 23.5. The molecule has 13 heavy (non-hydrogen) atoms. The molecule has 3 heteroatoms. The lowest BCUT2D eigenvalue weighted by atomic mass is 10.1. The standard InChI is InChI=1S/C10H15NO2/c1-3-8(2)6-7-11-9(12)4-5-10(11)13/h4-5,8H,3,6-7H2,1-2H3. The Kier molecular flexibility index (Phi) is 3.23. The Morgan fingerprint density at radius 1 is 1.31 bits per heavy atom. The second-order valence-corrected chi connectivity index (χ2v) is 3.46. The Morgan fingerprint density at radius 2 is 1.85 bits per heavy atom. The number of hydrogen-bond donors (Lipinski definition) is 0. The average molecular weight is 181 g/mol. The lowest BCUT2D eigenvalue weighted by Gasteiger charge is -2.15. The zero-order valence-corrected chi connectivity index (χ0v) is 8.12. The van der Waals surface area contributed by atoms with Crippen LogP contribution >= 0.6 is 0 Å². The van der Waals surface area contributed by atoms with Gasteiger partial charge in [0.25, 0.3) is 11.8 Å². The van der Waals surface area contributed by atoms with Gasteiger partial charge in [0.05, 0.1) is 0 Å². The van der Waals surface area contributed by atoms with Crippen LogP contribution in [0, 0.1) is 5.92 Å². The van der Waals surface area contributed by atoms with Crippen molar-refractivity contribution in [3.8, 4) is 0 Å². The first-order valence-electron chi connectivity index (χ1n) is 4.68. The molecule has 1 unspecified atom stereocenters. The molecule has 1 aliphatic heterocycles. The summed E-state index contributed by atoms with van der Waals surface area (Å²) < 4.78 is 0. The number of hydrogen-bond acceptors (Lipinski definition) is 2. The number of rotatable bonds is 4. The van der Waals surface area contributed by atoms with Gasteiger partial charge in [-0.1, -0.05) is 20.3 Å². The van der Waals surface area contributed by atoms with Crippen LogP contribution in [-0.4, -0.2) is 23.3 Å². The van der Waals surface area contributed by atoms with E-state index in [0.717, 1.165) is 12.8 Å². The van der Waals surface area contributed by atoms with Crippen molar-refractivity contribution in [3.05, 3.63) is 12.2 Å². The molecule has 2 amide bonds. The normalized spacial score (nSPS) is 18.5. The van der Waals surface area contributed by atoms with E-state index in [9.17, 15) is 9.59 Å². The number of imide groups is 1.